The van der Waals surface area contributed by atoms with Crippen LogP contribution in [-0.4, -0.2) is 29.7 Å². The third-order valence-corrected chi connectivity index (χ3v) is 1.69. The second kappa shape index (κ2) is 2.98. The summed E-state index contributed by atoms with van der Waals surface area (Å²) in [7, 11) is 0. The molecule has 4 heteroatoms. The number of amides is 1. The van der Waals surface area contributed by atoms with E-state index in [1.807, 2.05) is 0 Å². The monoisotopic (exact) mass is 144 g/mol. The van der Waals surface area contributed by atoms with Gasteiger partial charge in [0.15, 0.2) is 0 Å². The van der Waals surface area contributed by atoms with Crippen molar-refractivity contribution in [2.24, 2.45) is 5.73 Å². The number of aliphatic hydroxyl groups is 1. The summed E-state index contributed by atoms with van der Waals surface area (Å²) in [4.78, 5) is 10.8. The Bertz CT molecular complexity index is 138. The largest absolute Gasteiger partial charge is 0.391 e. The van der Waals surface area contributed by atoms with Crippen molar-refractivity contribution in [2.75, 3.05) is 6.54 Å². The van der Waals surface area contributed by atoms with Gasteiger partial charge in [-0.2, -0.15) is 0 Å². The summed E-state index contributed by atoms with van der Waals surface area (Å²) in [6, 6.07) is -0.734. The molecule has 2 atom stereocenters. The van der Waals surface area contributed by atoms with Crippen LogP contribution >= 0.6 is 0 Å². The van der Waals surface area contributed by atoms with Gasteiger partial charge in [0.05, 0.1) is 6.10 Å². The van der Waals surface area contributed by atoms with Crippen LogP contribution in [0.2, 0.25) is 0 Å². The fraction of sp³-hybridized carbons (Fsp3) is 0.833. The first-order valence-corrected chi connectivity index (χ1v) is 3.43. The molecule has 0 radical (unpaired) electrons. The van der Waals surface area contributed by atoms with Gasteiger partial charge in [-0.3, -0.25) is 4.79 Å². The number of rotatable bonds is 0. The Morgan fingerprint density at radius 1 is 1.70 bits per heavy atom. The first kappa shape index (κ1) is 7.50. The van der Waals surface area contributed by atoms with Gasteiger partial charge >= 0.3 is 0 Å². The summed E-state index contributed by atoms with van der Waals surface area (Å²) in [5.41, 5.74) is 5.36. The van der Waals surface area contributed by atoms with Gasteiger partial charge in [0.1, 0.15) is 6.04 Å². The molecule has 0 aliphatic carbocycles. The third-order valence-electron chi connectivity index (χ3n) is 1.69. The molecule has 1 heterocycles. The van der Waals surface area contributed by atoms with Crippen LogP contribution in [0.4, 0.5) is 0 Å². The second-order valence-electron chi connectivity index (χ2n) is 2.53. The van der Waals surface area contributed by atoms with Gasteiger partial charge in [-0.1, -0.05) is 0 Å². The van der Waals surface area contributed by atoms with Crippen LogP contribution in [0.15, 0.2) is 0 Å². The van der Waals surface area contributed by atoms with E-state index in [1.54, 1.807) is 0 Å². The molecule has 1 saturated heterocycles. The lowest BCUT2D eigenvalue weighted by atomic mass is 10.1. The van der Waals surface area contributed by atoms with Crippen LogP contribution in [0.3, 0.4) is 0 Å². The Hall–Kier alpha value is -0.610. The number of aliphatic hydroxyl groups excluding tert-OH is 1. The number of carbonyl (C=O) groups is 1. The van der Waals surface area contributed by atoms with Crippen molar-refractivity contribution in [2.45, 2.75) is 25.0 Å². The van der Waals surface area contributed by atoms with Crippen LogP contribution in [0, 0.1) is 0 Å². The topological polar surface area (TPSA) is 75.4 Å². The van der Waals surface area contributed by atoms with E-state index in [2.05, 4.69) is 5.32 Å². The molecule has 0 aromatic carbocycles. The summed E-state index contributed by atoms with van der Waals surface area (Å²) in [5, 5.41) is 11.7. The minimum Gasteiger partial charge on any atom is -0.391 e. The van der Waals surface area contributed by atoms with Crippen molar-refractivity contribution in [1.82, 2.24) is 5.32 Å². The molecule has 1 aliphatic rings. The summed E-state index contributed by atoms with van der Waals surface area (Å²) < 4.78 is 0. The number of carbonyl (C=O) groups excluding carboxylic acids is 1. The van der Waals surface area contributed by atoms with E-state index in [0.717, 1.165) is 6.42 Å². The normalized spacial score (nSPS) is 34.8. The summed E-state index contributed by atoms with van der Waals surface area (Å²) in [6.07, 6.45) is 0.753. The second-order valence-corrected chi connectivity index (χ2v) is 2.53. The Balaban J connectivity index is 2.55. The van der Waals surface area contributed by atoms with Gasteiger partial charge in [-0.25, -0.2) is 0 Å². The van der Waals surface area contributed by atoms with Crippen LogP contribution in [0.25, 0.3) is 0 Å². The molecule has 1 amide bonds. The Morgan fingerprint density at radius 3 is 3.10 bits per heavy atom. The quantitative estimate of drug-likeness (QED) is 0.391. The number of hydrogen-bond acceptors (Lipinski definition) is 3. The first-order chi connectivity index (χ1) is 4.72. The lowest BCUT2D eigenvalue weighted by Gasteiger charge is -2.12. The highest BCUT2D eigenvalue weighted by Gasteiger charge is 2.24. The predicted molar refractivity (Wildman–Crippen MR) is 36.2 cm³/mol. The van der Waals surface area contributed by atoms with Gasteiger partial charge < -0.3 is 16.2 Å². The van der Waals surface area contributed by atoms with E-state index in [0.29, 0.717) is 13.0 Å². The van der Waals surface area contributed by atoms with E-state index in [-0.39, 0.29) is 5.91 Å². The average molecular weight is 144 g/mol. The first-order valence-electron chi connectivity index (χ1n) is 3.43. The van der Waals surface area contributed by atoms with Crippen molar-refractivity contribution in [3.63, 3.8) is 0 Å². The standard InChI is InChI=1S/C6H12N2O2/c7-5-4(9)2-1-3-8-6(5)10/h4-5,9H,1-3,7H2,(H,8,10)/t4-,5-/m1/s1. The van der Waals surface area contributed by atoms with Crippen LogP contribution in [0.1, 0.15) is 12.8 Å². The molecule has 58 valence electrons. The molecule has 1 aliphatic heterocycles. The Labute approximate surface area is 59.4 Å². The zero-order valence-corrected chi connectivity index (χ0v) is 5.71. The van der Waals surface area contributed by atoms with Crippen molar-refractivity contribution in [3.8, 4) is 0 Å². The Kier molecular flexibility index (Phi) is 2.24. The predicted octanol–water partition coefficient (Wildman–Crippen LogP) is -1.42. The van der Waals surface area contributed by atoms with E-state index < -0.39 is 12.1 Å². The fourth-order valence-electron chi connectivity index (χ4n) is 0.995. The van der Waals surface area contributed by atoms with Crippen LogP contribution in [-0.2, 0) is 4.79 Å². The highest BCUT2D eigenvalue weighted by molar-refractivity contribution is 5.82. The molecule has 4 nitrogen and oxygen atoms in total. The lowest BCUT2D eigenvalue weighted by Crippen LogP contribution is -2.45. The van der Waals surface area contributed by atoms with E-state index in [4.69, 9.17) is 10.8 Å². The summed E-state index contributed by atoms with van der Waals surface area (Å²) >= 11 is 0. The van der Waals surface area contributed by atoms with Crippen molar-refractivity contribution >= 4 is 5.91 Å². The van der Waals surface area contributed by atoms with Gasteiger partial charge in [-0.15, -0.1) is 0 Å². The van der Waals surface area contributed by atoms with Crippen LogP contribution < -0.4 is 11.1 Å². The Morgan fingerprint density at radius 2 is 2.40 bits per heavy atom. The summed E-state index contributed by atoms with van der Waals surface area (Å²) in [5.74, 6) is -0.245. The maximum Gasteiger partial charge on any atom is 0.239 e. The molecule has 1 fully saturated rings. The zero-order valence-electron chi connectivity index (χ0n) is 5.71. The van der Waals surface area contributed by atoms with Crippen molar-refractivity contribution < 1.29 is 9.90 Å². The van der Waals surface area contributed by atoms with E-state index in [9.17, 15) is 4.79 Å². The molecule has 0 bridgehead atoms. The molecule has 4 N–H and O–H groups in total. The molecule has 0 spiro atoms. The van der Waals surface area contributed by atoms with Crippen LogP contribution in [0.5, 0.6) is 0 Å². The minimum absolute atomic E-state index is 0.245. The molecule has 0 aromatic rings. The average Bonchev–Trinajstić information content (AvgIpc) is 2.04. The lowest BCUT2D eigenvalue weighted by molar-refractivity contribution is -0.123. The minimum atomic E-state index is -0.734. The molecule has 10 heavy (non-hydrogen) atoms. The van der Waals surface area contributed by atoms with E-state index in [1.165, 1.54) is 0 Å². The fourth-order valence-corrected chi connectivity index (χ4v) is 0.995. The van der Waals surface area contributed by atoms with Crippen molar-refractivity contribution in [3.05, 3.63) is 0 Å². The van der Waals surface area contributed by atoms with Gasteiger partial charge in [-0.05, 0) is 12.8 Å². The molecule has 0 unspecified atom stereocenters. The maximum atomic E-state index is 10.8. The third kappa shape index (κ3) is 1.46. The SMILES string of the molecule is N[C@H]1C(=O)NCCC[C@H]1O. The molecule has 1 rings (SSSR count). The number of nitrogens with two attached hydrogens (primary N) is 1. The highest BCUT2D eigenvalue weighted by Crippen LogP contribution is 2.03. The smallest absolute Gasteiger partial charge is 0.239 e. The molecule has 0 aromatic heterocycles. The van der Waals surface area contributed by atoms with E-state index >= 15 is 0 Å². The zero-order chi connectivity index (χ0) is 7.56. The van der Waals surface area contributed by atoms with Crippen molar-refractivity contribution in [1.29, 1.82) is 0 Å². The molecule has 0 saturated carbocycles. The number of hydrogen-bond donors (Lipinski definition) is 3. The number of nitrogens with one attached hydrogen (secondary N) is 1. The van der Waals surface area contributed by atoms with Gasteiger partial charge in [0, 0.05) is 6.54 Å². The van der Waals surface area contributed by atoms with Gasteiger partial charge in [0.2, 0.25) is 5.91 Å². The molecular formula is C6H12N2O2. The maximum absolute atomic E-state index is 10.8. The molecular weight excluding hydrogens is 132 g/mol. The summed E-state index contributed by atoms with van der Waals surface area (Å²) in [6.45, 7) is 0.629. The highest BCUT2D eigenvalue weighted by atomic mass is 16.3. The van der Waals surface area contributed by atoms with Gasteiger partial charge in [0.25, 0.3) is 0 Å².